The number of ether oxygens (including phenoxy) is 1. The van der Waals surface area contributed by atoms with E-state index in [1.54, 1.807) is 35.2 Å². The molecular formula is C20H20F2N2O4S. The summed E-state index contributed by atoms with van der Waals surface area (Å²) < 4.78 is 58.3. The molecule has 0 aromatic heterocycles. The smallest absolute Gasteiger partial charge is 0.253 e. The number of hydrogen-bond donors (Lipinski definition) is 0. The molecule has 0 bridgehead atoms. The van der Waals surface area contributed by atoms with Crippen molar-refractivity contribution in [2.45, 2.75) is 4.90 Å². The molecule has 9 heteroatoms. The average Bonchev–Trinajstić information content (AvgIpc) is 2.74. The number of nitrogens with zero attached hydrogens (tertiary/aromatic N) is 2. The summed E-state index contributed by atoms with van der Waals surface area (Å²) in [6.45, 7) is 4.44. The zero-order valence-electron chi connectivity index (χ0n) is 15.6. The second-order valence-corrected chi connectivity index (χ2v) is 8.33. The first-order chi connectivity index (χ1) is 13.8. The number of carbonyl (C=O) groups is 1. The third-order valence-electron chi connectivity index (χ3n) is 4.52. The maximum atomic E-state index is 13.4. The number of hydrogen-bond acceptors (Lipinski definition) is 4. The number of sulfonamides is 1. The van der Waals surface area contributed by atoms with Gasteiger partial charge in [0.05, 0.1) is 4.90 Å². The Hall–Kier alpha value is -2.78. The topological polar surface area (TPSA) is 66.9 Å². The SMILES string of the molecule is C=CCOc1ccc(C(=O)N2CCN(S(=O)(=O)c3ccc(F)c(F)c3)CC2)cc1. The lowest BCUT2D eigenvalue weighted by Gasteiger charge is -2.34. The van der Waals surface area contributed by atoms with Crippen LogP contribution in [-0.2, 0) is 10.0 Å². The van der Waals surface area contributed by atoms with E-state index in [0.717, 1.165) is 16.4 Å². The van der Waals surface area contributed by atoms with Crippen LogP contribution in [0, 0.1) is 11.6 Å². The fraction of sp³-hybridized carbons (Fsp3) is 0.250. The van der Waals surface area contributed by atoms with Gasteiger partial charge in [0, 0.05) is 31.7 Å². The lowest BCUT2D eigenvalue weighted by molar-refractivity contribution is 0.0698. The Kier molecular flexibility index (Phi) is 6.29. The van der Waals surface area contributed by atoms with Crippen LogP contribution in [0.1, 0.15) is 10.4 Å². The van der Waals surface area contributed by atoms with Crippen LogP contribution in [0.4, 0.5) is 8.78 Å². The maximum Gasteiger partial charge on any atom is 0.253 e. The summed E-state index contributed by atoms with van der Waals surface area (Å²) in [6.07, 6.45) is 1.62. The van der Waals surface area contributed by atoms with Gasteiger partial charge < -0.3 is 9.64 Å². The van der Waals surface area contributed by atoms with Gasteiger partial charge in [-0.3, -0.25) is 4.79 Å². The van der Waals surface area contributed by atoms with Crippen molar-refractivity contribution in [2.24, 2.45) is 0 Å². The molecule has 0 saturated carbocycles. The van der Waals surface area contributed by atoms with Crippen LogP contribution >= 0.6 is 0 Å². The quantitative estimate of drug-likeness (QED) is 0.672. The largest absolute Gasteiger partial charge is 0.490 e. The van der Waals surface area contributed by atoms with Crippen LogP contribution in [0.5, 0.6) is 5.75 Å². The lowest BCUT2D eigenvalue weighted by Crippen LogP contribution is -2.50. The van der Waals surface area contributed by atoms with E-state index >= 15 is 0 Å². The summed E-state index contributed by atoms with van der Waals surface area (Å²) in [4.78, 5) is 13.9. The van der Waals surface area contributed by atoms with Gasteiger partial charge in [0.1, 0.15) is 12.4 Å². The second kappa shape index (κ2) is 8.71. The van der Waals surface area contributed by atoms with Crippen molar-refractivity contribution in [3.63, 3.8) is 0 Å². The van der Waals surface area contributed by atoms with Crippen molar-refractivity contribution in [3.8, 4) is 5.75 Å². The predicted molar refractivity (Wildman–Crippen MR) is 103 cm³/mol. The summed E-state index contributed by atoms with van der Waals surface area (Å²) in [5, 5.41) is 0. The minimum Gasteiger partial charge on any atom is -0.490 e. The molecule has 1 fully saturated rings. The standard InChI is InChI=1S/C20H20F2N2O4S/c1-2-13-28-16-5-3-15(4-6-16)20(25)23-9-11-24(12-10-23)29(26,27)17-7-8-18(21)19(22)14-17/h2-8,14H,1,9-13H2. The first-order valence-corrected chi connectivity index (χ1v) is 10.3. The Bertz CT molecular complexity index is 1000. The Morgan fingerprint density at radius 2 is 1.69 bits per heavy atom. The van der Waals surface area contributed by atoms with Crippen LogP contribution in [0.2, 0.25) is 0 Å². The molecule has 0 atom stereocenters. The van der Waals surface area contributed by atoms with Crippen molar-refractivity contribution in [1.29, 1.82) is 0 Å². The molecule has 1 aliphatic heterocycles. The molecule has 1 heterocycles. The van der Waals surface area contributed by atoms with E-state index in [9.17, 15) is 22.0 Å². The van der Waals surface area contributed by atoms with Gasteiger partial charge in [-0.2, -0.15) is 4.31 Å². The van der Waals surface area contributed by atoms with E-state index < -0.39 is 21.7 Å². The third-order valence-corrected chi connectivity index (χ3v) is 6.42. The predicted octanol–water partition coefficient (Wildman–Crippen LogP) is 2.68. The number of benzene rings is 2. The summed E-state index contributed by atoms with van der Waals surface area (Å²) in [6, 6.07) is 9.13. The van der Waals surface area contributed by atoms with Crippen LogP contribution < -0.4 is 4.74 Å². The summed E-state index contributed by atoms with van der Waals surface area (Å²) in [7, 11) is -3.97. The first kappa shape index (κ1) is 20.9. The zero-order chi connectivity index (χ0) is 21.0. The van der Waals surface area contributed by atoms with Crippen molar-refractivity contribution in [3.05, 3.63) is 72.3 Å². The number of halogens is 2. The molecule has 1 amide bonds. The number of carbonyl (C=O) groups excluding carboxylic acids is 1. The Labute approximate surface area is 168 Å². The molecule has 0 N–H and O–H groups in total. The second-order valence-electron chi connectivity index (χ2n) is 6.40. The molecule has 3 rings (SSSR count). The normalized spacial score (nSPS) is 15.2. The molecule has 29 heavy (non-hydrogen) atoms. The van der Waals surface area contributed by atoms with Crippen molar-refractivity contribution in [1.82, 2.24) is 9.21 Å². The molecular weight excluding hydrogens is 402 g/mol. The molecule has 6 nitrogen and oxygen atoms in total. The van der Waals surface area contributed by atoms with Gasteiger partial charge in [-0.25, -0.2) is 17.2 Å². The molecule has 154 valence electrons. The van der Waals surface area contributed by atoms with Crippen molar-refractivity contribution in [2.75, 3.05) is 32.8 Å². The number of amides is 1. The fourth-order valence-corrected chi connectivity index (χ4v) is 4.38. The van der Waals surface area contributed by atoms with Crippen LogP contribution in [0.3, 0.4) is 0 Å². The highest BCUT2D eigenvalue weighted by Gasteiger charge is 2.31. The van der Waals surface area contributed by atoms with Crippen molar-refractivity contribution < 1.29 is 26.7 Å². The maximum absolute atomic E-state index is 13.4. The van der Waals surface area contributed by atoms with Gasteiger partial charge in [-0.15, -0.1) is 0 Å². The molecule has 2 aromatic carbocycles. The van der Waals surface area contributed by atoms with E-state index in [1.807, 2.05) is 0 Å². The van der Waals surface area contributed by atoms with Crippen LogP contribution in [0.25, 0.3) is 0 Å². The van der Waals surface area contributed by atoms with Gasteiger partial charge in [-0.05, 0) is 42.5 Å². The monoisotopic (exact) mass is 422 g/mol. The molecule has 1 saturated heterocycles. The third kappa shape index (κ3) is 4.63. The van der Waals surface area contributed by atoms with Crippen LogP contribution in [0.15, 0.2) is 60.0 Å². The highest BCUT2D eigenvalue weighted by Crippen LogP contribution is 2.21. The minimum atomic E-state index is -3.97. The summed E-state index contributed by atoms with van der Waals surface area (Å²) in [5.74, 6) is -1.94. The van der Waals surface area contributed by atoms with Crippen molar-refractivity contribution >= 4 is 15.9 Å². The summed E-state index contributed by atoms with van der Waals surface area (Å²) >= 11 is 0. The van der Waals surface area contributed by atoms with Gasteiger partial charge in [0.2, 0.25) is 10.0 Å². The highest BCUT2D eigenvalue weighted by atomic mass is 32.2. The summed E-state index contributed by atoms with van der Waals surface area (Å²) in [5.41, 5.74) is 0.466. The Morgan fingerprint density at radius 1 is 1.03 bits per heavy atom. The van der Waals surface area contributed by atoms with E-state index in [1.165, 1.54) is 0 Å². The molecule has 1 aliphatic rings. The van der Waals surface area contributed by atoms with E-state index in [2.05, 4.69) is 6.58 Å². The highest BCUT2D eigenvalue weighted by molar-refractivity contribution is 7.89. The molecule has 0 radical (unpaired) electrons. The molecule has 2 aromatic rings. The Morgan fingerprint density at radius 3 is 2.28 bits per heavy atom. The molecule has 0 spiro atoms. The Balaban J connectivity index is 1.64. The van der Waals surface area contributed by atoms with E-state index in [-0.39, 0.29) is 37.0 Å². The van der Waals surface area contributed by atoms with Gasteiger partial charge in [-0.1, -0.05) is 12.7 Å². The fourth-order valence-electron chi connectivity index (χ4n) is 2.95. The minimum absolute atomic E-state index is 0.0631. The lowest BCUT2D eigenvalue weighted by atomic mass is 10.2. The van der Waals surface area contributed by atoms with Crippen LogP contribution in [-0.4, -0.2) is 56.3 Å². The van der Waals surface area contributed by atoms with Gasteiger partial charge in [0.25, 0.3) is 5.91 Å². The number of rotatable bonds is 6. The molecule has 0 aliphatic carbocycles. The molecule has 0 unspecified atom stereocenters. The van der Waals surface area contributed by atoms with E-state index in [0.29, 0.717) is 24.0 Å². The zero-order valence-corrected chi connectivity index (χ0v) is 16.4. The number of piperazine rings is 1. The van der Waals surface area contributed by atoms with Gasteiger partial charge >= 0.3 is 0 Å². The first-order valence-electron chi connectivity index (χ1n) is 8.91. The van der Waals surface area contributed by atoms with E-state index in [4.69, 9.17) is 4.74 Å². The van der Waals surface area contributed by atoms with Gasteiger partial charge in [0.15, 0.2) is 11.6 Å². The average molecular weight is 422 g/mol.